The van der Waals surface area contributed by atoms with E-state index in [9.17, 15) is 23.3 Å². The summed E-state index contributed by atoms with van der Waals surface area (Å²) in [6.07, 6.45) is 1.06. The second kappa shape index (κ2) is 11.0. The quantitative estimate of drug-likeness (QED) is 0.298. The average molecular weight is 480 g/mol. The van der Waals surface area contributed by atoms with Crippen LogP contribution in [0.1, 0.15) is 24.5 Å². The van der Waals surface area contributed by atoms with Crippen LogP contribution in [0, 0.1) is 24.0 Å². The number of anilines is 1. The Kier molecular flexibility index (Phi) is 8.63. The molecule has 0 saturated heterocycles. The van der Waals surface area contributed by atoms with Gasteiger partial charge in [-0.25, -0.2) is 8.42 Å². The molecule has 1 N–H and O–H groups in total. The smallest absolute Gasteiger partial charge is 0.271 e. The molecule has 10 nitrogen and oxygen atoms in total. The minimum absolute atomic E-state index is 0.0808. The van der Waals surface area contributed by atoms with E-state index in [-0.39, 0.29) is 36.7 Å². The van der Waals surface area contributed by atoms with Gasteiger partial charge < -0.3 is 14.8 Å². The largest absolute Gasteiger partial charge is 0.495 e. The molecule has 0 heterocycles. The highest BCUT2D eigenvalue weighted by Crippen LogP contribution is 2.35. The van der Waals surface area contributed by atoms with E-state index in [0.29, 0.717) is 5.75 Å². The van der Waals surface area contributed by atoms with Crippen LogP contribution in [0.3, 0.4) is 0 Å². The van der Waals surface area contributed by atoms with Gasteiger partial charge in [0.05, 0.1) is 24.8 Å². The van der Waals surface area contributed by atoms with Crippen LogP contribution in [0.15, 0.2) is 36.4 Å². The molecule has 2 aromatic carbocycles. The summed E-state index contributed by atoms with van der Waals surface area (Å²) < 4.78 is 37.1. The van der Waals surface area contributed by atoms with Crippen LogP contribution >= 0.6 is 0 Å². The summed E-state index contributed by atoms with van der Waals surface area (Å²) in [7, 11) is -2.68. The fraction of sp³-hybridized carbons (Fsp3) is 0.409. The van der Waals surface area contributed by atoms with Gasteiger partial charge in [0.15, 0.2) is 0 Å². The van der Waals surface area contributed by atoms with Gasteiger partial charge in [0, 0.05) is 12.1 Å². The van der Waals surface area contributed by atoms with Gasteiger partial charge in [-0.15, -0.1) is 0 Å². The minimum Gasteiger partial charge on any atom is -0.495 e. The standard InChI is InChI=1S/C22H29N3O7S/c1-6-19(22(26)23-9-10-32-18-12-15(2)11-16(3)13-18)24(33(5,29)30)20-14-17(25(27)28)7-8-21(20)31-4/h7-8,11-14,19H,6,9-10H2,1-5H3,(H,23,26)/t19-/m0/s1. The van der Waals surface area contributed by atoms with Gasteiger partial charge in [0.25, 0.3) is 5.69 Å². The Labute approximate surface area is 193 Å². The molecular weight excluding hydrogens is 450 g/mol. The van der Waals surface area contributed by atoms with Gasteiger partial charge in [0.1, 0.15) is 29.8 Å². The molecule has 0 unspecified atom stereocenters. The number of rotatable bonds is 11. The summed E-state index contributed by atoms with van der Waals surface area (Å²) in [6.45, 7) is 5.89. The third-order valence-electron chi connectivity index (χ3n) is 4.81. The number of benzene rings is 2. The Morgan fingerprint density at radius 2 is 1.82 bits per heavy atom. The lowest BCUT2D eigenvalue weighted by molar-refractivity contribution is -0.384. The summed E-state index contributed by atoms with van der Waals surface area (Å²) in [5.41, 5.74) is 1.70. The van der Waals surface area contributed by atoms with E-state index in [1.54, 1.807) is 6.92 Å². The first kappa shape index (κ1) is 25.9. The Morgan fingerprint density at radius 1 is 1.18 bits per heavy atom. The number of nitro benzene ring substituents is 1. The summed E-state index contributed by atoms with van der Waals surface area (Å²) >= 11 is 0. The lowest BCUT2D eigenvalue weighted by atomic mass is 10.1. The number of sulfonamides is 1. The maximum Gasteiger partial charge on any atom is 0.271 e. The van der Waals surface area contributed by atoms with Crippen LogP contribution in [0.2, 0.25) is 0 Å². The zero-order chi connectivity index (χ0) is 24.8. The van der Waals surface area contributed by atoms with E-state index in [4.69, 9.17) is 9.47 Å². The zero-order valence-corrected chi connectivity index (χ0v) is 20.1. The van der Waals surface area contributed by atoms with Crippen LogP contribution in [0.4, 0.5) is 11.4 Å². The van der Waals surface area contributed by atoms with E-state index in [1.165, 1.54) is 19.2 Å². The maximum atomic E-state index is 12.9. The van der Waals surface area contributed by atoms with Crippen molar-refractivity contribution in [2.75, 3.05) is 30.8 Å². The summed E-state index contributed by atoms with van der Waals surface area (Å²) in [5, 5.41) is 13.9. The van der Waals surface area contributed by atoms with Crippen molar-refractivity contribution in [3.8, 4) is 11.5 Å². The second-order valence-corrected chi connectivity index (χ2v) is 9.42. The first-order valence-corrected chi connectivity index (χ1v) is 12.1. The summed E-state index contributed by atoms with van der Waals surface area (Å²) in [5.74, 6) is 0.212. The number of nitrogens with one attached hydrogen (secondary N) is 1. The lowest BCUT2D eigenvalue weighted by Gasteiger charge is -2.30. The number of hydrogen-bond acceptors (Lipinski definition) is 7. The Balaban J connectivity index is 2.22. The number of non-ortho nitro benzene ring substituents is 1. The molecule has 11 heteroatoms. The number of hydrogen-bond donors (Lipinski definition) is 1. The predicted octanol–water partition coefficient (Wildman–Crippen LogP) is 2.96. The monoisotopic (exact) mass is 479 g/mol. The SMILES string of the molecule is CC[C@@H](C(=O)NCCOc1cc(C)cc(C)c1)N(c1cc([N+](=O)[O-])ccc1OC)S(C)(=O)=O. The van der Waals surface area contributed by atoms with Crippen LogP contribution in [-0.2, 0) is 14.8 Å². The van der Waals surface area contributed by atoms with Crippen molar-refractivity contribution in [3.05, 3.63) is 57.6 Å². The van der Waals surface area contributed by atoms with E-state index < -0.39 is 26.9 Å². The molecule has 180 valence electrons. The molecule has 0 aliphatic heterocycles. The van der Waals surface area contributed by atoms with Gasteiger partial charge in [-0.05, 0) is 49.6 Å². The van der Waals surface area contributed by atoms with Gasteiger partial charge in [0.2, 0.25) is 15.9 Å². The molecule has 0 bridgehead atoms. The molecule has 0 aliphatic carbocycles. The number of aryl methyl sites for hydroxylation is 2. The van der Waals surface area contributed by atoms with Gasteiger partial charge in [-0.2, -0.15) is 0 Å². The zero-order valence-electron chi connectivity index (χ0n) is 19.3. The fourth-order valence-electron chi connectivity index (χ4n) is 3.48. The average Bonchev–Trinajstić information content (AvgIpc) is 2.72. The number of ether oxygens (including phenoxy) is 2. The molecular formula is C22H29N3O7S. The van der Waals surface area contributed by atoms with E-state index >= 15 is 0 Å². The third kappa shape index (κ3) is 6.82. The first-order chi connectivity index (χ1) is 15.5. The third-order valence-corrected chi connectivity index (χ3v) is 5.97. The highest BCUT2D eigenvalue weighted by molar-refractivity contribution is 7.92. The molecule has 1 amide bonds. The van der Waals surface area contributed by atoms with E-state index in [1.807, 2.05) is 32.0 Å². The van der Waals surface area contributed by atoms with Crippen molar-refractivity contribution in [2.45, 2.75) is 33.2 Å². The van der Waals surface area contributed by atoms with Crippen molar-refractivity contribution >= 4 is 27.3 Å². The summed E-state index contributed by atoms with van der Waals surface area (Å²) in [6, 6.07) is 8.22. The molecule has 0 saturated carbocycles. The van der Waals surface area contributed by atoms with Gasteiger partial charge in [-0.1, -0.05) is 13.0 Å². The molecule has 2 aromatic rings. The number of amides is 1. The maximum absolute atomic E-state index is 12.9. The van der Waals surface area contributed by atoms with Crippen molar-refractivity contribution in [3.63, 3.8) is 0 Å². The van der Waals surface area contributed by atoms with E-state index in [0.717, 1.165) is 27.8 Å². The van der Waals surface area contributed by atoms with Crippen molar-refractivity contribution in [1.82, 2.24) is 5.32 Å². The summed E-state index contributed by atoms with van der Waals surface area (Å²) in [4.78, 5) is 23.5. The fourth-order valence-corrected chi connectivity index (χ4v) is 4.68. The van der Waals surface area contributed by atoms with Gasteiger partial charge >= 0.3 is 0 Å². The highest BCUT2D eigenvalue weighted by atomic mass is 32.2. The highest BCUT2D eigenvalue weighted by Gasteiger charge is 2.34. The van der Waals surface area contributed by atoms with Crippen LogP contribution in [0.25, 0.3) is 0 Å². The van der Waals surface area contributed by atoms with Crippen LogP contribution in [0.5, 0.6) is 11.5 Å². The first-order valence-electron chi connectivity index (χ1n) is 10.3. The molecule has 0 aliphatic rings. The number of carbonyl (C=O) groups is 1. The number of methoxy groups -OCH3 is 1. The van der Waals surface area contributed by atoms with Crippen LogP contribution in [-0.4, -0.2) is 51.8 Å². The molecule has 0 radical (unpaired) electrons. The molecule has 1 atom stereocenters. The Morgan fingerprint density at radius 3 is 2.33 bits per heavy atom. The Hall–Kier alpha value is -3.34. The molecule has 33 heavy (non-hydrogen) atoms. The molecule has 0 fully saturated rings. The molecule has 0 aromatic heterocycles. The van der Waals surface area contributed by atoms with Crippen molar-refractivity contribution in [1.29, 1.82) is 0 Å². The molecule has 2 rings (SSSR count). The van der Waals surface area contributed by atoms with Gasteiger partial charge in [-0.3, -0.25) is 19.2 Å². The van der Waals surface area contributed by atoms with Crippen molar-refractivity contribution < 1.29 is 27.6 Å². The number of carbonyl (C=O) groups excluding carboxylic acids is 1. The molecule has 0 spiro atoms. The second-order valence-electron chi connectivity index (χ2n) is 7.56. The van der Waals surface area contributed by atoms with Crippen LogP contribution < -0.4 is 19.1 Å². The van der Waals surface area contributed by atoms with Crippen molar-refractivity contribution in [2.24, 2.45) is 0 Å². The number of nitro groups is 1. The van der Waals surface area contributed by atoms with E-state index in [2.05, 4.69) is 5.32 Å². The lowest BCUT2D eigenvalue weighted by Crippen LogP contribution is -2.50. The minimum atomic E-state index is -3.99. The Bertz CT molecular complexity index is 1100. The topological polar surface area (TPSA) is 128 Å². The number of nitrogens with zero attached hydrogens (tertiary/aromatic N) is 2. The predicted molar refractivity (Wildman–Crippen MR) is 125 cm³/mol. The normalized spacial score (nSPS) is 12.0.